The van der Waals surface area contributed by atoms with Gasteiger partial charge in [0.15, 0.2) is 6.61 Å². The molecule has 1 aliphatic heterocycles. The highest BCUT2D eigenvalue weighted by atomic mass is 16.6. The van der Waals surface area contributed by atoms with Crippen LogP contribution in [0.25, 0.3) is 6.08 Å². The molecule has 0 atom stereocenters. The lowest BCUT2D eigenvalue weighted by molar-refractivity contribution is -0.135. The molecule has 192 valence electrons. The van der Waals surface area contributed by atoms with Gasteiger partial charge in [-0.15, -0.1) is 0 Å². The number of carbonyl (C=O) groups excluding carboxylic acids is 3. The van der Waals surface area contributed by atoms with Gasteiger partial charge in [-0.25, -0.2) is 10.3 Å². The van der Waals surface area contributed by atoms with E-state index in [9.17, 15) is 14.4 Å². The summed E-state index contributed by atoms with van der Waals surface area (Å²) in [7, 11) is 3.10. The molecule has 2 aromatic rings. The van der Waals surface area contributed by atoms with Gasteiger partial charge in [0.2, 0.25) is 0 Å². The maximum atomic E-state index is 12.5. The zero-order valence-electron chi connectivity index (χ0n) is 20.1. The first-order valence-corrected chi connectivity index (χ1v) is 11.2. The number of ether oxygens (including phenoxy) is 4. The van der Waals surface area contributed by atoms with Crippen LogP contribution < -0.4 is 19.7 Å². The fourth-order valence-corrected chi connectivity index (χ4v) is 3.45. The molecule has 1 fully saturated rings. The highest BCUT2D eigenvalue weighted by molar-refractivity contribution is 5.90. The Morgan fingerprint density at radius 2 is 1.53 bits per heavy atom. The summed E-state index contributed by atoms with van der Waals surface area (Å²) in [6.45, 7) is 1.40. The van der Waals surface area contributed by atoms with Crippen LogP contribution in [-0.2, 0) is 20.9 Å². The largest absolute Gasteiger partial charge is 0.497 e. The molecular weight excluding hydrogens is 470 g/mol. The van der Waals surface area contributed by atoms with Gasteiger partial charge in [0.1, 0.15) is 23.9 Å². The summed E-state index contributed by atoms with van der Waals surface area (Å²) in [5.41, 5.74) is 2.98. The van der Waals surface area contributed by atoms with E-state index in [0.29, 0.717) is 43.4 Å². The van der Waals surface area contributed by atoms with Crippen LogP contribution in [0, 0.1) is 0 Å². The van der Waals surface area contributed by atoms with E-state index in [4.69, 9.17) is 24.2 Å². The Hall–Kier alpha value is -4.25. The highest BCUT2D eigenvalue weighted by Crippen LogP contribution is 2.23. The lowest BCUT2D eigenvalue weighted by atomic mass is 10.2. The van der Waals surface area contributed by atoms with E-state index in [2.05, 4.69) is 0 Å². The minimum absolute atomic E-state index is 0.0720. The molecule has 3 rings (SSSR count). The Bertz CT molecular complexity index is 1060. The Kier molecular flexibility index (Phi) is 9.52. The summed E-state index contributed by atoms with van der Waals surface area (Å²) in [6.07, 6.45) is 2.26. The van der Waals surface area contributed by atoms with Crippen molar-refractivity contribution in [3.05, 3.63) is 59.7 Å². The van der Waals surface area contributed by atoms with Crippen LogP contribution in [0.3, 0.4) is 0 Å². The molecule has 3 amide bonds. The van der Waals surface area contributed by atoms with Gasteiger partial charge in [-0.3, -0.25) is 14.8 Å². The quantitative estimate of drug-likeness (QED) is 0.305. The molecule has 11 heteroatoms. The number of benzene rings is 2. The van der Waals surface area contributed by atoms with Crippen LogP contribution in [0.4, 0.5) is 4.79 Å². The molecule has 2 aromatic carbocycles. The molecule has 11 nitrogen and oxygen atoms in total. The van der Waals surface area contributed by atoms with Gasteiger partial charge in [0.25, 0.3) is 11.8 Å². The van der Waals surface area contributed by atoms with Crippen molar-refractivity contribution in [3.8, 4) is 17.2 Å². The van der Waals surface area contributed by atoms with Crippen molar-refractivity contribution < 1.29 is 38.5 Å². The number of nitrogens with zero attached hydrogens (tertiary/aromatic N) is 2. The maximum Gasteiger partial charge on any atom is 0.410 e. The van der Waals surface area contributed by atoms with Gasteiger partial charge in [0.05, 0.1) is 14.2 Å². The van der Waals surface area contributed by atoms with Crippen molar-refractivity contribution in [2.75, 3.05) is 47.0 Å². The second-order valence-electron chi connectivity index (χ2n) is 7.81. The van der Waals surface area contributed by atoms with Crippen molar-refractivity contribution in [1.29, 1.82) is 0 Å². The molecule has 2 N–H and O–H groups in total. The van der Waals surface area contributed by atoms with E-state index in [1.807, 2.05) is 0 Å². The van der Waals surface area contributed by atoms with Crippen LogP contribution in [0.2, 0.25) is 0 Å². The maximum absolute atomic E-state index is 12.5. The zero-order chi connectivity index (χ0) is 25.9. The Labute approximate surface area is 208 Å². The van der Waals surface area contributed by atoms with Gasteiger partial charge in [-0.1, -0.05) is 12.1 Å². The number of hydrogen-bond acceptors (Lipinski definition) is 8. The van der Waals surface area contributed by atoms with Crippen molar-refractivity contribution >= 4 is 24.0 Å². The molecule has 1 heterocycles. The Morgan fingerprint density at radius 1 is 0.917 bits per heavy atom. The number of piperazine rings is 1. The first kappa shape index (κ1) is 26.4. The van der Waals surface area contributed by atoms with Crippen LogP contribution in [0.5, 0.6) is 17.2 Å². The first-order chi connectivity index (χ1) is 17.4. The van der Waals surface area contributed by atoms with Gasteiger partial charge in [-0.2, -0.15) is 0 Å². The monoisotopic (exact) mass is 499 g/mol. The number of carbonyl (C=O) groups is 3. The molecule has 1 saturated heterocycles. The predicted octanol–water partition coefficient (Wildman–Crippen LogP) is 2.08. The van der Waals surface area contributed by atoms with Crippen molar-refractivity contribution in [2.45, 2.75) is 6.61 Å². The van der Waals surface area contributed by atoms with Crippen molar-refractivity contribution in [2.24, 2.45) is 0 Å². The summed E-state index contributed by atoms with van der Waals surface area (Å²) in [5, 5.41) is 8.49. The third-order valence-electron chi connectivity index (χ3n) is 5.44. The van der Waals surface area contributed by atoms with E-state index in [0.717, 1.165) is 11.1 Å². The fraction of sp³-hybridized carbons (Fsp3) is 0.320. The van der Waals surface area contributed by atoms with E-state index in [1.54, 1.807) is 66.5 Å². The van der Waals surface area contributed by atoms with Crippen LogP contribution in [0.1, 0.15) is 11.1 Å². The average molecular weight is 500 g/mol. The second-order valence-corrected chi connectivity index (χ2v) is 7.81. The lowest BCUT2D eigenvalue weighted by Gasteiger charge is -2.34. The smallest absolute Gasteiger partial charge is 0.410 e. The summed E-state index contributed by atoms with van der Waals surface area (Å²) in [6, 6.07) is 12.1. The lowest BCUT2D eigenvalue weighted by Crippen LogP contribution is -2.51. The minimum atomic E-state index is -0.633. The highest BCUT2D eigenvalue weighted by Gasteiger charge is 2.25. The number of hydrogen-bond donors (Lipinski definition) is 2. The molecule has 0 spiro atoms. The minimum Gasteiger partial charge on any atom is -0.497 e. The summed E-state index contributed by atoms with van der Waals surface area (Å²) < 4.78 is 21.4. The molecule has 0 aliphatic carbocycles. The molecule has 0 saturated carbocycles. The van der Waals surface area contributed by atoms with Crippen molar-refractivity contribution in [1.82, 2.24) is 15.3 Å². The van der Waals surface area contributed by atoms with E-state index < -0.39 is 12.0 Å². The Balaban J connectivity index is 1.41. The number of rotatable bonds is 9. The molecule has 1 aliphatic rings. The third-order valence-corrected chi connectivity index (χ3v) is 5.44. The van der Waals surface area contributed by atoms with Crippen molar-refractivity contribution in [3.63, 3.8) is 0 Å². The van der Waals surface area contributed by atoms with Gasteiger partial charge in [-0.05, 0) is 41.5 Å². The van der Waals surface area contributed by atoms with Gasteiger partial charge >= 0.3 is 6.09 Å². The second kappa shape index (κ2) is 13.0. The molecule has 36 heavy (non-hydrogen) atoms. The van der Waals surface area contributed by atoms with E-state index in [-0.39, 0.29) is 19.1 Å². The topological polar surface area (TPSA) is 127 Å². The van der Waals surface area contributed by atoms with E-state index in [1.165, 1.54) is 17.6 Å². The molecule has 0 bridgehead atoms. The molecule has 0 unspecified atom stereocenters. The predicted molar refractivity (Wildman–Crippen MR) is 129 cm³/mol. The number of nitrogens with one attached hydrogen (secondary N) is 1. The Morgan fingerprint density at radius 3 is 2.11 bits per heavy atom. The third kappa shape index (κ3) is 7.64. The summed E-state index contributed by atoms with van der Waals surface area (Å²) in [4.78, 5) is 39.2. The molecule has 0 radical (unpaired) electrons. The van der Waals surface area contributed by atoms with Crippen LogP contribution in [-0.4, -0.2) is 79.9 Å². The van der Waals surface area contributed by atoms with Crippen LogP contribution in [0.15, 0.2) is 48.5 Å². The average Bonchev–Trinajstić information content (AvgIpc) is 2.93. The molecule has 0 aromatic heterocycles. The summed E-state index contributed by atoms with van der Waals surface area (Å²) >= 11 is 0. The number of amides is 3. The first-order valence-electron chi connectivity index (χ1n) is 11.2. The summed E-state index contributed by atoms with van der Waals surface area (Å²) in [5.74, 6) is 0.898. The van der Waals surface area contributed by atoms with Crippen LogP contribution >= 0.6 is 0 Å². The van der Waals surface area contributed by atoms with Gasteiger partial charge < -0.3 is 28.7 Å². The number of methoxy groups -OCH3 is 2. The fourth-order valence-electron chi connectivity index (χ4n) is 3.45. The molecular formula is C25H29N3O8. The normalized spacial score (nSPS) is 13.3. The van der Waals surface area contributed by atoms with E-state index >= 15 is 0 Å². The van der Waals surface area contributed by atoms with Gasteiger partial charge in [0, 0.05) is 38.3 Å². The standard InChI is InChI=1S/C25H29N3O8/c1-33-21-13-19(14-22(15-21)34-2)16-36-25(31)28-11-9-27(10-12-28)24(30)17-35-20-6-3-18(4-7-20)5-8-23(29)26-32/h3-8,13-15,32H,9-12,16-17H2,1-2H3,(H,26,29)/b8-5+. The number of hydroxylamine groups is 1. The SMILES string of the molecule is COc1cc(COC(=O)N2CCN(C(=O)COc3ccc(/C=C/C(=O)NO)cc3)CC2)cc(OC)c1. The zero-order valence-corrected chi connectivity index (χ0v) is 20.1.